The van der Waals surface area contributed by atoms with Crippen LogP contribution in [0.4, 0.5) is 0 Å². The average molecular weight is 339 g/mol. The summed E-state index contributed by atoms with van der Waals surface area (Å²) in [4.78, 5) is 4.20. The fourth-order valence-corrected chi connectivity index (χ4v) is 2.35. The van der Waals surface area contributed by atoms with E-state index in [-0.39, 0.29) is 5.88 Å². The summed E-state index contributed by atoms with van der Waals surface area (Å²) < 4.78 is 16.2. The fraction of sp³-hybridized carbons (Fsp3) is 0.529. The van der Waals surface area contributed by atoms with Crippen molar-refractivity contribution in [2.24, 2.45) is 0 Å². The summed E-state index contributed by atoms with van der Waals surface area (Å²) in [5.74, 6) is 2.47. The Morgan fingerprint density at radius 1 is 1.13 bits per heavy atom. The molecule has 0 spiro atoms. The lowest BCUT2D eigenvalue weighted by atomic mass is 10.1. The number of methoxy groups -OCH3 is 1. The summed E-state index contributed by atoms with van der Waals surface area (Å²) in [6.07, 6.45) is 6.04. The van der Waals surface area contributed by atoms with Crippen molar-refractivity contribution in [1.29, 1.82) is 0 Å². The molecule has 0 atom stereocenters. The van der Waals surface area contributed by atoms with Crippen LogP contribution in [0.3, 0.4) is 0 Å². The molecule has 0 radical (unpaired) electrons. The average Bonchev–Trinajstić information content (AvgIpc) is 3.07. The lowest BCUT2D eigenvalue weighted by Gasteiger charge is -2.11. The molecule has 23 heavy (non-hydrogen) atoms. The molecule has 2 rings (SSSR count). The normalized spacial score (nSPS) is 10.7. The molecule has 0 unspecified atom stereocenters. The number of benzene rings is 1. The summed E-state index contributed by atoms with van der Waals surface area (Å²) in [5.41, 5.74) is 0.803. The van der Waals surface area contributed by atoms with Crippen LogP contribution >= 0.6 is 11.6 Å². The maximum atomic E-state index is 5.82. The summed E-state index contributed by atoms with van der Waals surface area (Å²) in [6, 6.07) is 5.60. The van der Waals surface area contributed by atoms with Gasteiger partial charge in [-0.25, -0.2) is 0 Å². The third kappa shape index (κ3) is 5.13. The van der Waals surface area contributed by atoms with Crippen LogP contribution in [0.15, 0.2) is 22.7 Å². The molecular weight excluding hydrogens is 316 g/mol. The van der Waals surface area contributed by atoms with Gasteiger partial charge in [0.25, 0.3) is 0 Å². The number of rotatable bonds is 10. The second-order valence-electron chi connectivity index (χ2n) is 5.27. The summed E-state index contributed by atoms with van der Waals surface area (Å²) in [5, 5.41) is 3.90. The monoisotopic (exact) mass is 338 g/mol. The van der Waals surface area contributed by atoms with Gasteiger partial charge >= 0.3 is 0 Å². The van der Waals surface area contributed by atoms with E-state index < -0.39 is 0 Å². The molecule has 0 N–H and O–H groups in total. The molecule has 0 aliphatic carbocycles. The number of halogens is 1. The molecule has 0 amide bonds. The molecular formula is C17H23ClN2O3. The van der Waals surface area contributed by atoms with Crippen molar-refractivity contribution < 1.29 is 14.0 Å². The van der Waals surface area contributed by atoms with E-state index in [4.69, 9.17) is 25.6 Å². The molecule has 2 aromatic rings. The van der Waals surface area contributed by atoms with Gasteiger partial charge in [0.05, 0.1) is 13.7 Å². The third-order valence-corrected chi connectivity index (χ3v) is 3.74. The molecule has 0 saturated heterocycles. The molecule has 1 aromatic carbocycles. The Bertz CT molecular complexity index is 601. The van der Waals surface area contributed by atoms with Crippen LogP contribution in [-0.4, -0.2) is 23.9 Å². The first-order valence-corrected chi connectivity index (χ1v) is 8.51. The minimum atomic E-state index is 0.198. The zero-order chi connectivity index (χ0) is 16.5. The van der Waals surface area contributed by atoms with Crippen molar-refractivity contribution in [2.75, 3.05) is 13.7 Å². The van der Waals surface area contributed by atoms with Crippen molar-refractivity contribution in [3.05, 3.63) is 24.1 Å². The lowest BCUT2D eigenvalue weighted by Crippen LogP contribution is -1.99. The van der Waals surface area contributed by atoms with Crippen LogP contribution in [0.25, 0.3) is 11.4 Å². The largest absolute Gasteiger partial charge is 0.493 e. The minimum absolute atomic E-state index is 0.198. The topological polar surface area (TPSA) is 57.4 Å². The van der Waals surface area contributed by atoms with Crippen LogP contribution in [0.5, 0.6) is 11.5 Å². The van der Waals surface area contributed by atoms with Gasteiger partial charge in [-0.05, 0) is 24.6 Å². The summed E-state index contributed by atoms with van der Waals surface area (Å²) >= 11 is 5.67. The predicted octanol–water partition coefficient (Wildman–Crippen LogP) is 4.83. The van der Waals surface area contributed by atoms with Crippen molar-refractivity contribution in [1.82, 2.24) is 10.1 Å². The Balaban J connectivity index is 1.96. The van der Waals surface area contributed by atoms with Crippen LogP contribution in [0, 0.1) is 0 Å². The van der Waals surface area contributed by atoms with Crippen molar-refractivity contribution >= 4 is 11.6 Å². The second-order valence-corrected chi connectivity index (χ2v) is 5.54. The Morgan fingerprint density at radius 3 is 2.65 bits per heavy atom. The van der Waals surface area contributed by atoms with Crippen LogP contribution < -0.4 is 9.47 Å². The number of nitrogens with zero attached hydrogens (tertiary/aromatic N) is 2. The van der Waals surface area contributed by atoms with Crippen LogP contribution in [0.1, 0.15) is 44.9 Å². The molecule has 0 aliphatic heterocycles. The van der Waals surface area contributed by atoms with Gasteiger partial charge in [-0.15, -0.1) is 11.6 Å². The maximum Gasteiger partial charge on any atom is 0.241 e. The van der Waals surface area contributed by atoms with E-state index in [0.717, 1.165) is 17.7 Å². The molecule has 0 fully saturated rings. The van der Waals surface area contributed by atoms with Crippen molar-refractivity contribution in [3.63, 3.8) is 0 Å². The zero-order valence-electron chi connectivity index (χ0n) is 13.7. The SMILES string of the molecule is CCCCCCCOc1ccc(-c2noc(CCl)n2)cc1OC. The highest BCUT2D eigenvalue weighted by Gasteiger charge is 2.12. The molecule has 1 aromatic heterocycles. The Labute approximate surface area is 141 Å². The summed E-state index contributed by atoms with van der Waals surface area (Å²) in [7, 11) is 1.62. The Kier molecular flexibility index (Phi) is 7.20. The van der Waals surface area contributed by atoms with Gasteiger partial charge in [-0.3, -0.25) is 0 Å². The van der Waals surface area contributed by atoms with Crippen LogP contribution in [0.2, 0.25) is 0 Å². The number of aromatic nitrogens is 2. The first kappa shape index (κ1) is 17.6. The zero-order valence-corrected chi connectivity index (χ0v) is 14.4. The van der Waals surface area contributed by atoms with Crippen LogP contribution in [-0.2, 0) is 5.88 Å². The van der Waals surface area contributed by atoms with E-state index in [0.29, 0.717) is 24.1 Å². The molecule has 126 valence electrons. The van der Waals surface area contributed by atoms with E-state index in [1.807, 2.05) is 18.2 Å². The standard InChI is InChI=1S/C17H23ClN2O3/c1-3-4-5-6-7-10-22-14-9-8-13(11-15(14)21-2)17-19-16(12-18)23-20-17/h8-9,11H,3-7,10,12H2,1-2H3. The highest BCUT2D eigenvalue weighted by atomic mass is 35.5. The number of ether oxygens (including phenoxy) is 2. The third-order valence-electron chi connectivity index (χ3n) is 3.51. The van der Waals surface area contributed by atoms with Gasteiger partial charge in [-0.1, -0.05) is 37.8 Å². The van der Waals surface area contributed by atoms with Gasteiger partial charge in [0.15, 0.2) is 11.5 Å². The first-order valence-electron chi connectivity index (χ1n) is 7.98. The quantitative estimate of drug-likeness (QED) is 0.458. The number of hydrogen-bond donors (Lipinski definition) is 0. The van der Waals surface area contributed by atoms with E-state index in [1.54, 1.807) is 7.11 Å². The van der Waals surface area contributed by atoms with Gasteiger partial charge in [0.1, 0.15) is 5.88 Å². The highest BCUT2D eigenvalue weighted by molar-refractivity contribution is 6.16. The summed E-state index contributed by atoms with van der Waals surface area (Å²) in [6.45, 7) is 2.90. The maximum absolute atomic E-state index is 5.82. The van der Waals surface area contributed by atoms with Gasteiger partial charge in [-0.2, -0.15) is 4.98 Å². The van der Waals surface area contributed by atoms with Gasteiger partial charge in [0, 0.05) is 5.56 Å². The van der Waals surface area contributed by atoms with E-state index in [9.17, 15) is 0 Å². The molecule has 0 bridgehead atoms. The Hall–Kier alpha value is -1.75. The van der Waals surface area contributed by atoms with E-state index in [1.165, 1.54) is 25.7 Å². The van der Waals surface area contributed by atoms with Gasteiger partial charge < -0.3 is 14.0 Å². The van der Waals surface area contributed by atoms with Crippen molar-refractivity contribution in [3.8, 4) is 22.9 Å². The fourth-order valence-electron chi connectivity index (χ4n) is 2.24. The number of hydrogen-bond acceptors (Lipinski definition) is 5. The van der Waals surface area contributed by atoms with Gasteiger partial charge in [0.2, 0.25) is 11.7 Å². The molecule has 0 aliphatic rings. The Morgan fingerprint density at radius 2 is 1.96 bits per heavy atom. The minimum Gasteiger partial charge on any atom is -0.493 e. The van der Waals surface area contributed by atoms with E-state index >= 15 is 0 Å². The molecule has 6 heteroatoms. The number of unbranched alkanes of at least 4 members (excludes halogenated alkanes) is 4. The van der Waals surface area contributed by atoms with Crippen molar-refractivity contribution in [2.45, 2.75) is 44.9 Å². The predicted molar refractivity (Wildman–Crippen MR) is 90.1 cm³/mol. The first-order chi connectivity index (χ1) is 11.3. The number of alkyl halides is 1. The second kappa shape index (κ2) is 9.40. The molecule has 0 saturated carbocycles. The molecule has 5 nitrogen and oxygen atoms in total. The lowest BCUT2D eigenvalue weighted by molar-refractivity contribution is 0.285. The van der Waals surface area contributed by atoms with E-state index in [2.05, 4.69) is 17.1 Å². The highest BCUT2D eigenvalue weighted by Crippen LogP contribution is 2.31. The molecule has 1 heterocycles. The smallest absolute Gasteiger partial charge is 0.241 e.